The number of nitrogens with zero attached hydrogens (tertiary/aromatic N) is 1. The molecule has 28 heavy (non-hydrogen) atoms. The Bertz CT molecular complexity index is 1000. The lowest BCUT2D eigenvalue weighted by molar-refractivity contribution is -0.112. The number of anilines is 1. The van der Waals surface area contributed by atoms with Gasteiger partial charge in [0, 0.05) is 23.2 Å². The Labute approximate surface area is 161 Å². The highest BCUT2D eigenvalue weighted by Gasteiger charge is 2.23. The summed E-state index contributed by atoms with van der Waals surface area (Å²) < 4.78 is 11.1. The van der Waals surface area contributed by atoms with E-state index < -0.39 is 11.9 Å². The molecule has 0 fully saturated rings. The van der Waals surface area contributed by atoms with E-state index in [9.17, 15) is 14.9 Å². The van der Waals surface area contributed by atoms with Crippen LogP contribution in [-0.2, 0) is 11.2 Å². The van der Waals surface area contributed by atoms with Crippen molar-refractivity contribution in [1.82, 2.24) is 0 Å². The van der Waals surface area contributed by atoms with E-state index >= 15 is 0 Å². The second-order valence-electron chi connectivity index (χ2n) is 6.34. The lowest BCUT2D eigenvalue weighted by Gasteiger charge is -2.10. The van der Waals surface area contributed by atoms with Crippen molar-refractivity contribution in [2.24, 2.45) is 0 Å². The molecule has 2 aromatic carbocycles. The molecule has 1 unspecified atom stereocenters. The monoisotopic (exact) mass is 378 g/mol. The fourth-order valence-corrected chi connectivity index (χ4v) is 2.95. The molecule has 1 aliphatic rings. The average Bonchev–Trinajstić information content (AvgIpc) is 3.06. The predicted octanol–water partition coefficient (Wildman–Crippen LogP) is 3.26. The lowest BCUT2D eigenvalue weighted by Crippen LogP contribution is -2.13. The Morgan fingerprint density at radius 2 is 2.04 bits per heavy atom. The van der Waals surface area contributed by atoms with Gasteiger partial charge in [-0.05, 0) is 49.4 Å². The smallest absolute Gasteiger partial charge is 0.335 e. The van der Waals surface area contributed by atoms with Gasteiger partial charge in [-0.2, -0.15) is 5.26 Å². The Morgan fingerprint density at radius 3 is 2.64 bits per heavy atom. The number of methoxy groups -OCH3 is 1. The molecule has 0 aliphatic carbocycles. The molecular formula is C21H18N2O5. The van der Waals surface area contributed by atoms with Gasteiger partial charge in [0.25, 0.3) is 5.91 Å². The zero-order chi connectivity index (χ0) is 20.3. The molecule has 0 spiro atoms. The number of nitrogens with one attached hydrogen (secondary N) is 1. The number of aromatic carboxylic acids is 1. The van der Waals surface area contributed by atoms with Gasteiger partial charge in [0.1, 0.15) is 29.2 Å². The van der Waals surface area contributed by atoms with E-state index in [1.54, 1.807) is 13.2 Å². The van der Waals surface area contributed by atoms with Gasteiger partial charge in [-0.1, -0.05) is 0 Å². The molecule has 1 amide bonds. The SMILES string of the molecule is COc1cc(/C=C(/C#N)C(=O)Nc2ccc(C(=O)O)cc2)c2c(c1)CC(C)O2. The van der Waals surface area contributed by atoms with Crippen LogP contribution in [0.1, 0.15) is 28.4 Å². The van der Waals surface area contributed by atoms with Crippen molar-refractivity contribution in [3.63, 3.8) is 0 Å². The maximum absolute atomic E-state index is 12.5. The third kappa shape index (κ3) is 3.96. The summed E-state index contributed by atoms with van der Waals surface area (Å²) in [5.41, 5.74) is 1.93. The van der Waals surface area contributed by atoms with Crippen LogP contribution >= 0.6 is 0 Å². The van der Waals surface area contributed by atoms with Crippen LogP contribution in [0.3, 0.4) is 0 Å². The number of hydrogen-bond donors (Lipinski definition) is 2. The van der Waals surface area contributed by atoms with Crippen LogP contribution in [0.25, 0.3) is 6.08 Å². The van der Waals surface area contributed by atoms with Crippen molar-refractivity contribution in [1.29, 1.82) is 5.26 Å². The van der Waals surface area contributed by atoms with E-state index in [0.717, 1.165) is 12.0 Å². The Hall–Kier alpha value is -3.79. The second-order valence-corrected chi connectivity index (χ2v) is 6.34. The highest BCUT2D eigenvalue weighted by atomic mass is 16.5. The molecule has 3 rings (SSSR count). The van der Waals surface area contributed by atoms with Crippen LogP contribution in [0.4, 0.5) is 5.69 Å². The third-order valence-corrected chi connectivity index (χ3v) is 4.28. The van der Waals surface area contributed by atoms with E-state index in [1.165, 1.54) is 30.3 Å². The summed E-state index contributed by atoms with van der Waals surface area (Å²) in [6.07, 6.45) is 2.18. The summed E-state index contributed by atoms with van der Waals surface area (Å²) in [4.78, 5) is 23.4. The zero-order valence-electron chi connectivity index (χ0n) is 15.4. The van der Waals surface area contributed by atoms with Gasteiger partial charge >= 0.3 is 5.97 Å². The lowest BCUT2D eigenvalue weighted by atomic mass is 10.0. The number of ether oxygens (including phenoxy) is 2. The number of amides is 1. The summed E-state index contributed by atoms with van der Waals surface area (Å²) in [6, 6.07) is 11.2. The largest absolute Gasteiger partial charge is 0.497 e. The van der Waals surface area contributed by atoms with E-state index in [0.29, 0.717) is 22.7 Å². The number of hydrogen-bond acceptors (Lipinski definition) is 5. The number of carboxylic acids is 1. The van der Waals surface area contributed by atoms with Crippen LogP contribution in [0.2, 0.25) is 0 Å². The van der Waals surface area contributed by atoms with Gasteiger partial charge in [0.15, 0.2) is 0 Å². The first-order chi connectivity index (χ1) is 13.4. The minimum atomic E-state index is -1.06. The fourth-order valence-electron chi connectivity index (χ4n) is 2.95. The number of benzene rings is 2. The van der Waals surface area contributed by atoms with E-state index in [1.807, 2.05) is 19.1 Å². The zero-order valence-corrected chi connectivity index (χ0v) is 15.4. The van der Waals surface area contributed by atoms with Crippen LogP contribution in [0.15, 0.2) is 42.0 Å². The van der Waals surface area contributed by atoms with Crippen LogP contribution < -0.4 is 14.8 Å². The molecule has 0 saturated heterocycles. The third-order valence-electron chi connectivity index (χ3n) is 4.28. The first kappa shape index (κ1) is 19.0. The van der Waals surface area contributed by atoms with Crippen molar-refractivity contribution in [2.75, 3.05) is 12.4 Å². The minimum absolute atomic E-state index is 0.00127. The predicted molar refractivity (Wildman–Crippen MR) is 102 cm³/mol. The molecule has 0 bridgehead atoms. The number of carbonyl (C=O) groups is 2. The molecule has 7 heteroatoms. The number of rotatable bonds is 5. The Kier molecular flexibility index (Phi) is 5.32. The Balaban J connectivity index is 1.88. The molecule has 142 valence electrons. The van der Waals surface area contributed by atoms with E-state index in [4.69, 9.17) is 14.6 Å². The van der Waals surface area contributed by atoms with Gasteiger partial charge < -0.3 is 19.9 Å². The number of carbonyl (C=O) groups excluding carboxylic acids is 1. The number of nitriles is 1. The molecular weight excluding hydrogens is 360 g/mol. The van der Waals surface area contributed by atoms with Crippen molar-refractivity contribution in [3.05, 3.63) is 58.7 Å². The molecule has 0 radical (unpaired) electrons. The number of fused-ring (bicyclic) bond motifs is 1. The topological polar surface area (TPSA) is 109 Å². The van der Waals surface area contributed by atoms with Gasteiger partial charge in [-0.25, -0.2) is 4.79 Å². The van der Waals surface area contributed by atoms with E-state index in [-0.39, 0.29) is 17.2 Å². The first-order valence-corrected chi connectivity index (χ1v) is 8.55. The van der Waals surface area contributed by atoms with Gasteiger partial charge in [0.2, 0.25) is 0 Å². The maximum Gasteiger partial charge on any atom is 0.335 e. The highest BCUT2D eigenvalue weighted by Crippen LogP contribution is 2.37. The second kappa shape index (κ2) is 7.84. The van der Waals surface area contributed by atoms with Crippen molar-refractivity contribution in [3.8, 4) is 17.6 Å². The Morgan fingerprint density at radius 1 is 1.32 bits per heavy atom. The average molecular weight is 378 g/mol. The van der Waals surface area contributed by atoms with E-state index in [2.05, 4.69) is 5.32 Å². The van der Waals surface area contributed by atoms with Crippen molar-refractivity contribution >= 4 is 23.6 Å². The van der Waals surface area contributed by atoms with Crippen LogP contribution in [0.5, 0.6) is 11.5 Å². The first-order valence-electron chi connectivity index (χ1n) is 8.55. The van der Waals surface area contributed by atoms with Gasteiger partial charge in [-0.15, -0.1) is 0 Å². The standard InChI is InChI=1S/C21H18N2O5/c1-12-7-14-9-18(27-2)10-15(19(14)28-12)8-16(11-22)20(24)23-17-5-3-13(4-6-17)21(25)26/h3-6,8-10,12H,7H2,1-2H3,(H,23,24)(H,25,26)/b16-8-. The quantitative estimate of drug-likeness (QED) is 0.611. The summed E-state index contributed by atoms with van der Waals surface area (Å²) in [7, 11) is 1.55. The molecule has 7 nitrogen and oxygen atoms in total. The number of carboxylic acid groups (broad SMARTS) is 1. The molecule has 2 N–H and O–H groups in total. The summed E-state index contributed by atoms with van der Waals surface area (Å²) in [5, 5.41) is 21.0. The summed E-state index contributed by atoms with van der Waals surface area (Å²) >= 11 is 0. The molecule has 1 heterocycles. The minimum Gasteiger partial charge on any atom is -0.497 e. The highest BCUT2D eigenvalue weighted by molar-refractivity contribution is 6.10. The summed E-state index contributed by atoms with van der Waals surface area (Å²) in [6.45, 7) is 1.94. The molecule has 1 atom stereocenters. The van der Waals surface area contributed by atoms with Gasteiger partial charge in [0.05, 0.1) is 12.7 Å². The molecule has 1 aliphatic heterocycles. The van der Waals surface area contributed by atoms with Gasteiger partial charge in [-0.3, -0.25) is 4.79 Å². The molecule has 2 aromatic rings. The van der Waals surface area contributed by atoms with Crippen LogP contribution in [-0.4, -0.2) is 30.2 Å². The van der Waals surface area contributed by atoms with Crippen molar-refractivity contribution in [2.45, 2.75) is 19.4 Å². The van der Waals surface area contributed by atoms with Crippen molar-refractivity contribution < 1.29 is 24.2 Å². The molecule has 0 aromatic heterocycles. The summed E-state index contributed by atoms with van der Waals surface area (Å²) in [5.74, 6) is -0.408. The van der Waals surface area contributed by atoms with Crippen LogP contribution in [0, 0.1) is 11.3 Å². The molecule has 0 saturated carbocycles. The fraction of sp³-hybridized carbons (Fsp3) is 0.190. The maximum atomic E-state index is 12.5. The normalized spacial score (nSPS) is 15.2.